The summed E-state index contributed by atoms with van der Waals surface area (Å²) in [5, 5.41) is 12.8. The van der Waals surface area contributed by atoms with Crippen LogP contribution in [-0.2, 0) is 11.3 Å². The number of hydrogen-bond acceptors (Lipinski definition) is 4. The summed E-state index contributed by atoms with van der Waals surface area (Å²) in [6, 6.07) is 7.91. The first kappa shape index (κ1) is 11.4. The summed E-state index contributed by atoms with van der Waals surface area (Å²) in [6.07, 6.45) is -0.398. The number of aliphatic hydroxyl groups excluding tert-OH is 1. The molecule has 1 saturated heterocycles. The maximum absolute atomic E-state index is 9.56. The lowest BCUT2D eigenvalue weighted by atomic mass is 10.1. The van der Waals surface area contributed by atoms with Crippen LogP contribution in [-0.4, -0.2) is 37.6 Å². The summed E-state index contributed by atoms with van der Waals surface area (Å²) in [6.45, 7) is 1.71. The molecule has 0 unspecified atom stereocenters. The molecule has 0 bridgehead atoms. The molecular formula is C12H17NO3. The van der Waals surface area contributed by atoms with E-state index >= 15 is 0 Å². The van der Waals surface area contributed by atoms with Crippen molar-refractivity contribution in [3.8, 4) is 5.75 Å². The fourth-order valence-electron chi connectivity index (χ4n) is 1.77. The molecule has 2 atom stereocenters. The molecule has 4 heteroatoms. The molecule has 0 aliphatic carbocycles. The quantitative estimate of drug-likeness (QED) is 0.782. The van der Waals surface area contributed by atoms with E-state index in [9.17, 15) is 5.11 Å². The molecule has 0 radical (unpaired) electrons. The van der Waals surface area contributed by atoms with Gasteiger partial charge in [-0.3, -0.25) is 0 Å². The monoisotopic (exact) mass is 223 g/mol. The Balaban J connectivity index is 1.88. The second-order valence-corrected chi connectivity index (χ2v) is 3.94. The SMILES string of the molecule is COc1cccc(CN[C@@H]2COC[C@H]2O)c1. The number of aliphatic hydroxyl groups is 1. The van der Waals surface area contributed by atoms with Crippen LogP contribution in [0.3, 0.4) is 0 Å². The van der Waals surface area contributed by atoms with Crippen LogP contribution in [0.4, 0.5) is 0 Å². The molecule has 2 N–H and O–H groups in total. The minimum absolute atomic E-state index is 0.0335. The van der Waals surface area contributed by atoms with Crippen LogP contribution >= 0.6 is 0 Å². The van der Waals surface area contributed by atoms with E-state index in [1.807, 2.05) is 24.3 Å². The highest BCUT2D eigenvalue weighted by Gasteiger charge is 2.25. The van der Waals surface area contributed by atoms with Crippen LogP contribution in [0.5, 0.6) is 5.75 Å². The first-order chi connectivity index (χ1) is 7.79. The van der Waals surface area contributed by atoms with Gasteiger partial charge in [-0.1, -0.05) is 12.1 Å². The maximum atomic E-state index is 9.56. The van der Waals surface area contributed by atoms with Gasteiger partial charge in [0.05, 0.1) is 32.5 Å². The third kappa shape index (κ3) is 2.72. The summed E-state index contributed by atoms with van der Waals surface area (Å²) in [5.41, 5.74) is 1.14. The topological polar surface area (TPSA) is 50.7 Å². The predicted octanol–water partition coefficient (Wildman–Crippen LogP) is 0.544. The molecule has 1 aliphatic rings. The lowest BCUT2D eigenvalue weighted by Crippen LogP contribution is -2.38. The lowest BCUT2D eigenvalue weighted by molar-refractivity contribution is 0.122. The average molecular weight is 223 g/mol. The lowest BCUT2D eigenvalue weighted by Gasteiger charge is -2.14. The first-order valence-corrected chi connectivity index (χ1v) is 5.41. The number of rotatable bonds is 4. The van der Waals surface area contributed by atoms with Crippen molar-refractivity contribution in [1.82, 2.24) is 5.32 Å². The van der Waals surface area contributed by atoms with Crippen LogP contribution in [0.2, 0.25) is 0 Å². The van der Waals surface area contributed by atoms with Crippen LogP contribution < -0.4 is 10.1 Å². The molecule has 2 rings (SSSR count). The second-order valence-electron chi connectivity index (χ2n) is 3.94. The van der Waals surface area contributed by atoms with Crippen molar-refractivity contribution in [3.05, 3.63) is 29.8 Å². The normalized spacial score (nSPS) is 24.6. The van der Waals surface area contributed by atoms with E-state index in [0.717, 1.165) is 11.3 Å². The summed E-state index contributed by atoms with van der Waals surface area (Å²) < 4.78 is 10.3. The predicted molar refractivity (Wildman–Crippen MR) is 60.4 cm³/mol. The van der Waals surface area contributed by atoms with E-state index in [1.54, 1.807) is 7.11 Å². The molecule has 1 aromatic carbocycles. The van der Waals surface area contributed by atoms with E-state index in [4.69, 9.17) is 9.47 Å². The molecule has 4 nitrogen and oxygen atoms in total. The third-order valence-electron chi connectivity index (χ3n) is 2.75. The van der Waals surface area contributed by atoms with E-state index in [2.05, 4.69) is 5.32 Å². The van der Waals surface area contributed by atoms with Gasteiger partial charge in [-0.2, -0.15) is 0 Å². The van der Waals surface area contributed by atoms with Gasteiger partial charge in [-0.15, -0.1) is 0 Å². The van der Waals surface area contributed by atoms with Crippen molar-refractivity contribution in [2.24, 2.45) is 0 Å². The van der Waals surface area contributed by atoms with Gasteiger partial charge in [0.25, 0.3) is 0 Å². The fraction of sp³-hybridized carbons (Fsp3) is 0.500. The van der Waals surface area contributed by atoms with Gasteiger partial charge < -0.3 is 19.9 Å². The van der Waals surface area contributed by atoms with Gasteiger partial charge in [0.2, 0.25) is 0 Å². The molecule has 16 heavy (non-hydrogen) atoms. The molecule has 0 amide bonds. The minimum atomic E-state index is -0.398. The number of benzene rings is 1. The van der Waals surface area contributed by atoms with Gasteiger partial charge >= 0.3 is 0 Å². The standard InChI is InChI=1S/C12H17NO3/c1-15-10-4-2-3-9(5-10)6-13-11-7-16-8-12(11)14/h2-5,11-14H,6-8H2,1H3/t11-,12-/m1/s1. The number of nitrogens with one attached hydrogen (secondary N) is 1. The zero-order valence-corrected chi connectivity index (χ0v) is 9.35. The van der Waals surface area contributed by atoms with Gasteiger partial charge in [0, 0.05) is 6.54 Å². The van der Waals surface area contributed by atoms with Crippen molar-refractivity contribution >= 4 is 0 Å². The van der Waals surface area contributed by atoms with Crippen molar-refractivity contribution in [3.63, 3.8) is 0 Å². The number of hydrogen-bond donors (Lipinski definition) is 2. The molecular weight excluding hydrogens is 206 g/mol. The van der Waals surface area contributed by atoms with Gasteiger partial charge in [-0.05, 0) is 17.7 Å². The molecule has 1 fully saturated rings. The molecule has 0 aromatic heterocycles. The van der Waals surface area contributed by atoms with Crippen molar-refractivity contribution in [2.45, 2.75) is 18.7 Å². The fourth-order valence-corrected chi connectivity index (χ4v) is 1.77. The largest absolute Gasteiger partial charge is 0.497 e. The molecule has 0 spiro atoms. The third-order valence-corrected chi connectivity index (χ3v) is 2.75. The van der Waals surface area contributed by atoms with Gasteiger partial charge in [-0.25, -0.2) is 0 Å². The van der Waals surface area contributed by atoms with Crippen LogP contribution in [0, 0.1) is 0 Å². The smallest absolute Gasteiger partial charge is 0.119 e. The minimum Gasteiger partial charge on any atom is -0.497 e. The molecule has 88 valence electrons. The van der Waals surface area contributed by atoms with E-state index < -0.39 is 6.10 Å². The maximum Gasteiger partial charge on any atom is 0.119 e. The average Bonchev–Trinajstić information content (AvgIpc) is 2.72. The Morgan fingerprint density at radius 2 is 2.38 bits per heavy atom. The Kier molecular flexibility index (Phi) is 3.77. The Morgan fingerprint density at radius 3 is 3.06 bits per heavy atom. The van der Waals surface area contributed by atoms with Crippen molar-refractivity contribution in [2.75, 3.05) is 20.3 Å². The van der Waals surface area contributed by atoms with E-state index in [0.29, 0.717) is 19.8 Å². The van der Waals surface area contributed by atoms with Crippen LogP contribution in [0.25, 0.3) is 0 Å². The zero-order chi connectivity index (χ0) is 11.4. The van der Waals surface area contributed by atoms with Gasteiger partial charge in [0.15, 0.2) is 0 Å². The Morgan fingerprint density at radius 1 is 1.50 bits per heavy atom. The van der Waals surface area contributed by atoms with Gasteiger partial charge in [0.1, 0.15) is 5.75 Å². The Labute approximate surface area is 95.2 Å². The molecule has 1 aromatic rings. The Hall–Kier alpha value is -1.10. The number of ether oxygens (including phenoxy) is 2. The summed E-state index contributed by atoms with van der Waals surface area (Å²) >= 11 is 0. The summed E-state index contributed by atoms with van der Waals surface area (Å²) in [7, 11) is 1.65. The van der Waals surface area contributed by atoms with Crippen molar-refractivity contribution < 1.29 is 14.6 Å². The first-order valence-electron chi connectivity index (χ1n) is 5.41. The highest BCUT2D eigenvalue weighted by atomic mass is 16.5. The van der Waals surface area contributed by atoms with E-state index in [-0.39, 0.29) is 6.04 Å². The molecule has 1 heterocycles. The number of methoxy groups -OCH3 is 1. The molecule has 0 saturated carbocycles. The highest BCUT2D eigenvalue weighted by molar-refractivity contribution is 5.28. The summed E-state index contributed by atoms with van der Waals surface area (Å²) in [5.74, 6) is 0.850. The summed E-state index contributed by atoms with van der Waals surface area (Å²) in [4.78, 5) is 0. The van der Waals surface area contributed by atoms with Crippen LogP contribution in [0.1, 0.15) is 5.56 Å². The second kappa shape index (κ2) is 5.30. The van der Waals surface area contributed by atoms with E-state index in [1.165, 1.54) is 0 Å². The highest BCUT2D eigenvalue weighted by Crippen LogP contribution is 2.13. The molecule has 1 aliphatic heterocycles. The Bertz CT molecular complexity index is 343. The zero-order valence-electron chi connectivity index (χ0n) is 9.35. The van der Waals surface area contributed by atoms with Crippen LogP contribution in [0.15, 0.2) is 24.3 Å². The van der Waals surface area contributed by atoms with Crippen molar-refractivity contribution in [1.29, 1.82) is 0 Å².